The molecule has 0 radical (unpaired) electrons. The summed E-state index contributed by atoms with van der Waals surface area (Å²) < 4.78 is 6.82. The van der Waals surface area contributed by atoms with Crippen LogP contribution in [-0.2, 0) is 0 Å². The fourth-order valence-corrected chi connectivity index (χ4v) is 2.62. The summed E-state index contributed by atoms with van der Waals surface area (Å²) in [6.07, 6.45) is 3.70. The molecule has 7 nitrogen and oxygen atoms in total. The number of carbonyl (C=O) groups excluding carboxylic acids is 2. The van der Waals surface area contributed by atoms with Crippen LogP contribution in [0.25, 0.3) is 5.69 Å². The van der Waals surface area contributed by atoms with E-state index in [1.165, 1.54) is 0 Å². The summed E-state index contributed by atoms with van der Waals surface area (Å²) in [7, 11) is 1.57. The fraction of sp³-hybridized carbons (Fsp3) is 0.190. The molecule has 0 aliphatic rings. The maximum Gasteiger partial charge on any atom is 0.251 e. The van der Waals surface area contributed by atoms with Gasteiger partial charge in [-0.15, -0.1) is 0 Å². The molecule has 3 rings (SSSR count). The van der Waals surface area contributed by atoms with Crippen molar-refractivity contribution in [3.05, 3.63) is 77.6 Å². The number of rotatable bonds is 7. The highest BCUT2D eigenvalue weighted by molar-refractivity contribution is 5.95. The van der Waals surface area contributed by atoms with Crippen LogP contribution in [0.2, 0.25) is 0 Å². The van der Waals surface area contributed by atoms with Crippen LogP contribution >= 0.6 is 0 Å². The molecule has 0 atom stereocenters. The van der Waals surface area contributed by atoms with Gasteiger partial charge in [0.15, 0.2) is 0 Å². The van der Waals surface area contributed by atoms with E-state index in [1.54, 1.807) is 54.4 Å². The van der Waals surface area contributed by atoms with Gasteiger partial charge in [0.05, 0.1) is 19.0 Å². The Labute approximate surface area is 163 Å². The molecular formula is C21H22N4O3. The lowest BCUT2D eigenvalue weighted by atomic mass is 10.2. The molecule has 2 N–H and O–H groups in total. The van der Waals surface area contributed by atoms with Gasteiger partial charge in [-0.05, 0) is 61.0 Å². The Morgan fingerprint density at radius 2 is 1.46 bits per heavy atom. The average molecular weight is 378 g/mol. The Bertz CT molecular complexity index is 947. The summed E-state index contributed by atoms with van der Waals surface area (Å²) in [4.78, 5) is 24.3. The molecular weight excluding hydrogens is 356 g/mol. The lowest BCUT2D eigenvalue weighted by Gasteiger charge is -2.08. The number of aryl methyl sites for hydroxylation is 1. The van der Waals surface area contributed by atoms with E-state index in [2.05, 4.69) is 15.7 Å². The van der Waals surface area contributed by atoms with Gasteiger partial charge < -0.3 is 15.4 Å². The van der Waals surface area contributed by atoms with Crippen molar-refractivity contribution in [3.8, 4) is 11.4 Å². The molecule has 1 aromatic heterocycles. The lowest BCUT2D eigenvalue weighted by Crippen LogP contribution is -2.34. The maximum absolute atomic E-state index is 12.2. The molecule has 1 heterocycles. The van der Waals surface area contributed by atoms with Crippen LogP contribution in [0.1, 0.15) is 26.3 Å². The van der Waals surface area contributed by atoms with Crippen LogP contribution in [0.4, 0.5) is 0 Å². The third-order valence-corrected chi connectivity index (χ3v) is 4.15. The van der Waals surface area contributed by atoms with Crippen LogP contribution in [0.15, 0.2) is 60.9 Å². The highest BCUT2D eigenvalue weighted by Crippen LogP contribution is 2.11. The molecule has 7 heteroatoms. The minimum Gasteiger partial charge on any atom is -0.497 e. The molecule has 0 saturated carbocycles. The smallest absolute Gasteiger partial charge is 0.251 e. The van der Waals surface area contributed by atoms with Gasteiger partial charge in [0.25, 0.3) is 11.8 Å². The van der Waals surface area contributed by atoms with Gasteiger partial charge in [-0.2, -0.15) is 5.10 Å². The number of ether oxygens (including phenoxy) is 1. The maximum atomic E-state index is 12.2. The third-order valence-electron chi connectivity index (χ3n) is 4.15. The van der Waals surface area contributed by atoms with Crippen LogP contribution in [0.3, 0.4) is 0 Å². The summed E-state index contributed by atoms with van der Waals surface area (Å²) in [6, 6.07) is 14.0. The van der Waals surface area contributed by atoms with E-state index in [0.717, 1.165) is 11.3 Å². The first-order valence-electron chi connectivity index (χ1n) is 8.89. The molecule has 3 aromatic rings. The van der Waals surface area contributed by atoms with E-state index in [1.807, 2.05) is 25.3 Å². The largest absolute Gasteiger partial charge is 0.497 e. The minimum atomic E-state index is -0.198. The molecule has 0 spiro atoms. The summed E-state index contributed by atoms with van der Waals surface area (Å²) in [6.45, 7) is 2.64. The van der Waals surface area contributed by atoms with Gasteiger partial charge in [-0.25, -0.2) is 4.68 Å². The average Bonchev–Trinajstić information content (AvgIpc) is 3.17. The third kappa shape index (κ3) is 4.76. The van der Waals surface area contributed by atoms with Gasteiger partial charge in [-0.1, -0.05) is 0 Å². The molecule has 0 unspecified atom stereocenters. The predicted molar refractivity (Wildman–Crippen MR) is 106 cm³/mol. The van der Waals surface area contributed by atoms with Gasteiger partial charge in [0.1, 0.15) is 5.75 Å². The van der Waals surface area contributed by atoms with Crippen molar-refractivity contribution in [3.63, 3.8) is 0 Å². The molecule has 0 aliphatic heterocycles. The SMILES string of the molecule is COc1ccc(C(=O)NCCNC(=O)c2ccc(-n3cc(C)cn3)cc2)cc1. The van der Waals surface area contributed by atoms with E-state index in [0.29, 0.717) is 30.0 Å². The zero-order chi connectivity index (χ0) is 19.9. The molecule has 0 aliphatic carbocycles. The highest BCUT2D eigenvalue weighted by Gasteiger charge is 2.08. The second kappa shape index (κ2) is 8.85. The van der Waals surface area contributed by atoms with E-state index >= 15 is 0 Å². The van der Waals surface area contributed by atoms with E-state index in [9.17, 15) is 9.59 Å². The highest BCUT2D eigenvalue weighted by atomic mass is 16.5. The second-order valence-corrected chi connectivity index (χ2v) is 6.25. The van der Waals surface area contributed by atoms with Crippen molar-refractivity contribution in [2.45, 2.75) is 6.92 Å². The number of nitrogens with zero attached hydrogens (tertiary/aromatic N) is 2. The van der Waals surface area contributed by atoms with Crippen LogP contribution < -0.4 is 15.4 Å². The standard InChI is InChI=1S/C21H22N4O3/c1-15-13-24-25(14-15)18-7-3-16(4-8-18)20(26)22-11-12-23-21(27)17-5-9-19(28-2)10-6-17/h3-10,13-14H,11-12H2,1-2H3,(H,22,26)(H,23,27). The van der Waals surface area contributed by atoms with Gasteiger partial charge in [-0.3, -0.25) is 9.59 Å². The molecule has 2 aromatic carbocycles. The van der Waals surface area contributed by atoms with Crippen LogP contribution in [0, 0.1) is 6.92 Å². The Morgan fingerprint density at radius 3 is 1.93 bits per heavy atom. The number of carbonyl (C=O) groups is 2. The number of amides is 2. The molecule has 0 saturated heterocycles. The summed E-state index contributed by atoms with van der Waals surface area (Å²) in [5.41, 5.74) is 3.04. The molecule has 2 amide bonds. The van der Waals surface area contributed by atoms with Crippen molar-refractivity contribution < 1.29 is 14.3 Å². The first-order valence-corrected chi connectivity index (χ1v) is 8.89. The Balaban J connectivity index is 1.45. The number of nitrogens with one attached hydrogen (secondary N) is 2. The van der Waals surface area contributed by atoms with Crippen LogP contribution in [0.5, 0.6) is 5.75 Å². The van der Waals surface area contributed by atoms with Gasteiger partial charge in [0.2, 0.25) is 0 Å². The Kier molecular flexibility index (Phi) is 6.06. The van der Waals surface area contributed by atoms with E-state index in [-0.39, 0.29) is 11.8 Å². The fourth-order valence-electron chi connectivity index (χ4n) is 2.62. The van der Waals surface area contributed by atoms with Crippen molar-refractivity contribution in [2.75, 3.05) is 20.2 Å². The van der Waals surface area contributed by atoms with Crippen molar-refractivity contribution >= 4 is 11.8 Å². The van der Waals surface area contributed by atoms with Crippen LogP contribution in [-0.4, -0.2) is 41.8 Å². The summed E-state index contributed by atoms with van der Waals surface area (Å²) >= 11 is 0. The summed E-state index contributed by atoms with van der Waals surface area (Å²) in [5.74, 6) is 0.301. The Hall–Kier alpha value is -3.61. The summed E-state index contributed by atoms with van der Waals surface area (Å²) in [5, 5.41) is 9.80. The van der Waals surface area contributed by atoms with E-state index in [4.69, 9.17) is 4.74 Å². The zero-order valence-electron chi connectivity index (χ0n) is 15.8. The number of hydrogen-bond donors (Lipinski definition) is 2. The first kappa shape index (κ1) is 19.2. The number of benzene rings is 2. The second-order valence-electron chi connectivity index (χ2n) is 6.25. The molecule has 28 heavy (non-hydrogen) atoms. The number of methoxy groups -OCH3 is 1. The van der Waals surface area contributed by atoms with E-state index < -0.39 is 0 Å². The molecule has 144 valence electrons. The quantitative estimate of drug-likeness (QED) is 0.618. The number of hydrogen-bond acceptors (Lipinski definition) is 4. The first-order chi connectivity index (χ1) is 13.6. The molecule has 0 fully saturated rings. The van der Waals surface area contributed by atoms with Crippen molar-refractivity contribution in [2.24, 2.45) is 0 Å². The topological polar surface area (TPSA) is 85.3 Å². The Morgan fingerprint density at radius 1 is 0.929 bits per heavy atom. The zero-order valence-corrected chi connectivity index (χ0v) is 15.8. The predicted octanol–water partition coefficient (Wildman–Crippen LogP) is 2.35. The van der Waals surface area contributed by atoms with Crippen molar-refractivity contribution in [1.29, 1.82) is 0 Å². The minimum absolute atomic E-state index is 0.193. The monoisotopic (exact) mass is 378 g/mol. The van der Waals surface area contributed by atoms with Gasteiger partial charge >= 0.3 is 0 Å². The normalized spacial score (nSPS) is 10.4. The molecule has 0 bridgehead atoms. The lowest BCUT2D eigenvalue weighted by molar-refractivity contribution is 0.0927. The number of aromatic nitrogens is 2. The van der Waals surface area contributed by atoms with Gasteiger partial charge in [0, 0.05) is 30.4 Å². The van der Waals surface area contributed by atoms with Crippen molar-refractivity contribution in [1.82, 2.24) is 20.4 Å².